The molecule has 0 heterocycles. The zero-order chi connectivity index (χ0) is 20.5. The van der Waals surface area contributed by atoms with Crippen molar-refractivity contribution in [3.05, 3.63) is 68.8 Å². The third-order valence-electron chi connectivity index (χ3n) is 3.28. The van der Waals surface area contributed by atoms with Crippen LogP contribution in [-0.4, -0.2) is 35.1 Å². The first kappa shape index (κ1) is 20.1. The van der Waals surface area contributed by atoms with E-state index in [2.05, 4.69) is 16.0 Å². The van der Waals surface area contributed by atoms with E-state index in [1.54, 1.807) is 0 Å². The Labute approximate surface area is 157 Å². The van der Waals surface area contributed by atoms with Gasteiger partial charge in [0.25, 0.3) is 11.4 Å². The van der Waals surface area contributed by atoms with Gasteiger partial charge >= 0.3 is 12.1 Å². The molecule has 0 atom stereocenters. The lowest BCUT2D eigenvalue weighted by atomic mass is 10.3. The first-order chi connectivity index (χ1) is 13.3. The van der Waals surface area contributed by atoms with E-state index in [4.69, 9.17) is 4.74 Å². The quantitative estimate of drug-likeness (QED) is 0.372. The standard InChI is InChI=1S/C16H15N5O7/c22-15(18-11-1-5-13(6-2-11)20(24)25)17-9-10-28-16(23)19-12-3-7-14(8-4-12)21(26)27/h1-8H,9-10H2,(H,19,23)(H2,17,18,22). The number of carbonyl (C=O) groups is 2. The molecule has 0 aromatic heterocycles. The van der Waals surface area contributed by atoms with Gasteiger partial charge in [-0.1, -0.05) is 0 Å². The number of urea groups is 1. The zero-order valence-corrected chi connectivity index (χ0v) is 14.3. The summed E-state index contributed by atoms with van der Waals surface area (Å²) in [5, 5.41) is 28.4. The van der Waals surface area contributed by atoms with Crippen molar-refractivity contribution in [1.82, 2.24) is 5.32 Å². The Kier molecular flexibility index (Phi) is 6.80. The summed E-state index contributed by atoms with van der Waals surface area (Å²) in [6.45, 7) is -0.0982. The largest absolute Gasteiger partial charge is 0.447 e. The van der Waals surface area contributed by atoms with Crippen LogP contribution in [0.4, 0.5) is 32.3 Å². The lowest BCUT2D eigenvalue weighted by Gasteiger charge is -2.09. The molecule has 0 radical (unpaired) electrons. The Morgan fingerprint density at radius 3 is 1.75 bits per heavy atom. The third-order valence-corrected chi connectivity index (χ3v) is 3.28. The topological polar surface area (TPSA) is 166 Å². The minimum absolute atomic E-state index is 0.0203. The number of non-ortho nitro benzene ring substituents is 2. The molecule has 146 valence electrons. The van der Waals surface area contributed by atoms with Gasteiger partial charge in [0.1, 0.15) is 6.61 Å². The van der Waals surface area contributed by atoms with Crippen LogP contribution in [0.25, 0.3) is 0 Å². The fourth-order valence-corrected chi connectivity index (χ4v) is 1.97. The maximum Gasteiger partial charge on any atom is 0.411 e. The molecule has 2 rings (SSSR count). The number of nitrogens with zero attached hydrogens (tertiary/aromatic N) is 2. The molecular weight excluding hydrogens is 374 g/mol. The molecule has 12 nitrogen and oxygen atoms in total. The highest BCUT2D eigenvalue weighted by Crippen LogP contribution is 2.16. The van der Waals surface area contributed by atoms with Crippen molar-refractivity contribution in [2.24, 2.45) is 0 Å². The predicted molar refractivity (Wildman–Crippen MR) is 98.2 cm³/mol. The summed E-state index contributed by atoms with van der Waals surface area (Å²) >= 11 is 0. The van der Waals surface area contributed by atoms with Gasteiger partial charge in [0.05, 0.1) is 16.4 Å². The highest BCUT2D eigenvalue weighted by Gasteiger charge is 2.08. The third kappa shape index (κ3) is 6.25. The molecule has 0 bridgehead atoms. The minimum atomic E-state index is -0.786. The summed E-state index contributed by atoms with van der Waals surface area (Å²) in [6.07, 6.45) is -0.786. The van der Waals surface area contributed by atoms with Gasteiger partial charge < -0.3 is 15.4 Å². The summed E-state index contributed by atoms with van der Waals surface area (Å²) in [7, 11) is 0. The van der Waals surface area contributed by atoms with Gasteiger partial charge in [0.2, 0.25) is 0 Å². The number of hydrogen-bond donors (Lipinski definition) is 3. The highest BCUT2D eigenvalue weighted by molar-refractivity contribution is 5.89. The fraction of sp³-hybridized carbons (Fsp3) is 0.125. The molecule has 3 amide bonds. The minimum Gasteiger partial charge on any atom is -0.447 e. The van der Waals surface area contributed by atoms with Crippen LogP contribution >= 0.6 is 0 Å². The van der Waals surface area contributed by atoms with Crippen LogP contribution in [0, 0.1) is 20.2 Å². The van der Waals surface area contributed by atoms with Crippen molar-refractivity contribution < 1.29 is 24.2 Å². The Hall–Kier alpha value is -4.22. The van der Waals surface area contributed by atoms with E-state index in [1.807, 2.05) is 0 Å². The molecule has 0 saturated carbocycles. The fourth-order valence-electron chi connectivity index (χ4n) is 1.97. The molecule has 0 unspecified atom stereocenters. The van der Waals surface area contributed by atoms with E-state index < -0.39 is 22.0 Å². The molecule has 2 aromatic carbocycles. The van der Waals surface area contributed by atoms with E-state index in [1.165, 1.54) is 48.5 Å². The van der Waals surface area contributed by atoms with Crippen molar-refractivity contribution in [3.63, 3.8) is 0 Å². The van der Waals surface area contributed by atoms with E-state index in [-0.39, 0.29) is 24.5 Å². The molecule has 0 aliphatic carbocycles. The Balaban J connectivity index is 1.67. The second kappa shape index (κ2) is 9.47. The van der Waals surface area contributed by atoms with Crippen LogP contribution in [0.1, 0.15) is 0 Å². The van der Waals surface area contributed by atoms with Crippen molar-refractivity contribution in [2.75, 3.05) is 23.8 Å². The van der Waals surface area contributed by atoms with Gasteiger partial charge in [-0.3, -0.25) is 25.5 Å². The number of rotatable bonds is 7. The molecule has 0 aliphatic heterocycles. The number of anilines is 2. The molecule has 0 aliphatic rings. The van der Waals surface area contributed by atoms with Crippen LogP contribution in [0.5, 0.6) is 0 Å². The van der Waals surface area contributed by atoms with Crippen molar-refractivity contribution >= 4 is 34.9 Å². The maximum atomic E-state index is 11.7. The summed E-state index contributed by atoms with van der Waals surface area (Å²) < 4.78 is 4.86. The Morgan fingerprint density at radius 1 is 0.821 bits per heavy atom. The summed E-state index contributed by atoms with van der Waals surface area (Å²) in [5.41, 5.74) is 0.472. The van der Waals surface area contributed by atoms with Crippen molar-refractivity contribution in [3.8, 4) is 0 Å². The van der Waals surface area contributed by atoms with Gasteiger partial charge in [-0.05, 0) is 24.3 Å². The summed E-state index contributed by atoms with van der Waals surface area (Å²) in [6, 6.07) is 9.87. The number of ether oxygens (including phenoxy) is 1. The molecule has 3 N–H and O–H groups in total. The number of hydrogen-bond acceptors (Lipinski definition) is 7. The van der Waals surface area contributed by atoms with E-state index in [9.17, 15) is 29.8 Å². The average molecular weight is 389 g/mol. The monoisotopic (exact) mass is 389 g/mol. The molecule has 2 aromatic rings. The zero-order valence-electron chi connectivity index (χ0n) is 14.3. The first-order valence-electron chi connectivity index (χ1n) is 7.82. The van der Waals surface area contributed by atoms with Crippen LogP contribution in [0.2, 0.25) is 0 Å². The molecule has 0 spiro atoms. The van der Waals surface area contributed by atoms with Gasteiger partial charge in [-0.15, -0.1) is 0 Å². The average Bonchev–Trinajstić information content (AvgIpc) is 2.66. The predicted octanol–water partition coefficient (Wildman–Crippen LogP) is 2.87. The van der Waals surface area contributed by atoms with Gasteiger partial charge in [-0.25, -0.2) is 9.59 Å². The van der Waals surface area contributed by atoms with Crippen LogP contribution in [0.15, 0.2) is 48.5 Å². The lowest BCUT2D eigenvalue weighted by molar-refractivity contribution is -0.385. The smallest absolute Gasteiger partial charge is 0.411 e. The molecule has 12 heteroatoms. The number of amides is 3. The summed E-state index contributed by atoms with van der Waals surface area (Å²) in [4.78, 5) is 43.3. The van der Waals surface area contributed by atoms with Crippen LogP contribution < -0.4 is 16.0 Å². The number of nitrogens with one attached hydrogen (secondary N) is 3. The Bertz CT molecular complexity index is 794. The summed E-state index contributed by atoms with van der Waals surface area (Å²) in [5.74, 6) is 0. The van der Waals surface area contributed by atoms with Gasteiger partial charge in [-0.2, -0.15) is 0 Å². The highest BCUT2D eigenvalue weighted by atomic mass is 16.6. The second-order valence-corrected chi connectivity index (χ2v) is 5.25. The molecular formula is C16H15N5O7. The normalized spacial score (nSPS) is 9.86. The second-order valence-electron chi connectivity index (χ2n) is 5.25. The van der Waals surface area contributed by atoms with E-state index >= 15 is 0 Å². The molecule has 0 saturated heterocycles. The van der Waals surface area contributed by atoms with E-state index in [0.29, 0.717) is 11.4 Å². The SMILES string of the molecule is O=C(NCCOC(=O)Nc1ccc([N+](=O)[O-])cc1)Nc1ccc([N+](=O)[O-])cc1. The van der Waals surface area contributed by atoms with Gasteiger partial charge in [0, 0.05) is 35.6 Å². The maximum absolute atomic E-state index is 11.7. The van der Waals surface area contributed by atoms with Crippen molar-refractivity contribution in [1.29, 1.82) is 0 Å². The van der Waals surface area contributed by atoms with Gasteiger partial charge in [0.15, 0.2) is 0 Å². The number of carbonyl (C=O) groups excluding carboxylic acids is 2. The van der Waals surface area contributed by atoms with Crippen LogP contribution in [0.3, 0.4) is 0 Å². The molecule has 28 heavy (non-hydrogen) atoms. The van der Waals surface area contributed by atoms with E-state index in [0.717, 1.165) is 0 Å². The number of nitro groups is 2. The Morgan fingerprint density at radius 2 is 1.29 bits per heavy atom. The lowest BCUT2D eigenvalue weighted by Crippen LogP contribution is -2.32. The van der Waals surface area contributed by atoms with Crippen molar-refractivity contribution in [2.45, 2.75) is 0 Å². The van der Waals surface area contributed by atoms with Crippen LogP contribution in [-0.2, 0) is 4.74 Å². The molecule has 0 fully saturated rings. The number of nitro benzene ring substituents is 2. The number of benzene rings is 2. The first-order valence-corrected chi connectivity index (χ1v) is 7.82.